The smallest absolute Gasteiger partial charge is 0.343 e. The fourth-order valence-electron chi connectivity index (χ4n) is 2.56. The van der Waals surface area contributed by atoms with Crippen LogP contribution in [0.5, 0.6) is 5.75 Å². The quantitative estimate of drug-likeness (QED) is 0.270. The van der Waals surface area contributed by atoms with E-state index in [9.17, 15) is 14.0 Å². The van der Waals surface area contributed by atoms with Crippen molar-refractivity contribution in [2.75, 3.05) is 11.9 Å². The maximum absolute atomic E-state index is 13.2. The van der Waals surface area contributed by atoms with Crippen LogP contribution in [0.1, 0.15) is 21.5 Å². The number of carbonyl (C=O) groups excluding carboxylic acids is 2. The molecule has 0 radical (unpaired) electrons. The van der Waals surface area contributed by atoms with Crippen molar-refractivity contribution in [2.45, 2.75) is 6.92 Å². The molecule has 0 saturated carbocycles. The van der Waals surface area contributed by atoms with Crippen LogP contribution in [0.4, 0.5) is 10.1 Å². The first-order chi connectivity index (χ1) is 14.5. The third-order valence-electron chi connectivity index (χ3n) is 4.02. The molecule has 3 rings (SSSR count). The third kappa shape index (κ3) is 6.27. The van der Waals surface area contributed by atoms with Crippen LogP contribution in [-0.4, -0.2) is 24.6 Å². The lowest BCUT2D eigenvalue weighted by molar-refractivity contribution is -0.119. The Morgan fingerprint density at radius 3 is 2.53 bits per heavy atom. The van der Waals surface area contributed by atoms with Gasteiger partial charge in [0.05, 0.1) is 18.3 Å². The van der Waals surface area contributed by atoms with Crippen molar-refractivity contribution in [2.24, 2.45) is 5.10 Å². The zero-order chi connectivity index (χ0) is 21.3. The summed E-state index contributed by atoms with van der Waals surface area (Å²) >= 11 is 0. The Kier molecular flexibility index (Phi) is 6.89. The first-order valence-electron chi connectivity index (χ1n) is 9.20. The molecule has 30 heavy (non-hydrogen) atoms. The van der Waals surface area contributed by atoms with Gasteiger partial charge in [0.1, 0.15) is 11.6 Å². The standard InChI is InChI=1S/C23H20FN3O3/c1-16-4-2-7-20(12-16)25-15-22(28)27-26-14-17-8-10-21(11-9-17)30-23(29)18-5-3-6-19(24)13-18/h2-14,25H,15H2,1H3,(H,27,28)/b26-14+. The fourth-order valence-corrected chi connectivity index (χ4v) is 2.56. The largest absolute Gasteiger partial charge is 0.423 e. The highest BCUT2D eigenvalue weighted by atomic mass is 19.1. The van der Waals surface area contributed by atoms with Crippen LogP contribution in [0, 0.1) is 12.7 Å². The van der Waals surface area contributed by atoms with Gasteiger partial charge in [0.2, 0.25) is 0 Å². The molecule has 152 valence electrons. The van der Waals surface area contributed by atoms with Gasteiger partial charge in [0.25, 0.3) is 5.91 Å². The molecule has 0 aliphatic rings. The van der Waals surface area contributed by atoms with Crippen LogP contribution < -0.4 is 15.5 Å². The van der Waals surface area contributed by atoms with Gasteiger partial charge in [-0.25, -0.2) is 14.6 Å². The summed E-state index contributed by atoms with van der Waals surface area (Å²) in [6, 6.07) is 19.5. The van der Waals surface area contributed by atoms with Gasteiger partial charge in [-0.1, -0.05) is 18.2 Å². The lowest BCUT2D eigenvalue weighted by atomic mass is 10.2. The van der Waals surface area contributed by atoms with Crippen LogP contribution in [0.25, 0.3) is 0 Å². The lowest BCUT2D eigenvalue weighted by Gasteiger charge is -2.06. The van der Waals surface area contributed by atoms with E-state index in [1.165, 1.54) is 24.4 Å². The molecule has 0 saturated heterocycles. The van der Waals surface area contributed by atoms with Gasteiger partial charge in [-0.15, -0.1) is 0 Å². The van der Waals surface area contributed by atoms with E-state index in [-0.39, 0.29) is 18.0 Å². The number of rotatable bonds is 7. The van der Waals surface area contributed by atoms with Crippen molar-refractivity contribution in [3.8, 4) is 5.75 Å². The highest BCUT2D eigenvalue weighted by Crippen LogP contribution is 2.14. The van der Waals surface area contributed by atoms with Crippen LogP contribution in [0.3, 0.4) is 0 Å². The van der Waals surface area contributed by atoms with E-state index in [1.807, 2.05) is 31.2 Å². The number of aryl methyl sites for hydroxylation is 1. The molecule has 2 N–H and O–H groups in total. The minimum Gasteiger partial charge on any atom is -0.423 e. The van der Waals surface area contributed by atoms with Gasteiger partial charge in [-0.05, 0) is 72.6 Å². The molecule has 0 unspecified atom stereocenters. The molecule has 0 fully saturated rings. The number of esters is 1. The molecule has 0 aliphatic heterocycles. The number of hydrazone groups is 1. The van der Waals surface area contributed by atoms with Crippen molar-refractivity contribution in [1.29, 1.82) is 0 Å². The summed E-state index contributed by atoms with van der Waals surface area (Å²) in [5.41, 5.74) is 5.22. The summed E-state index contributed by atoms with van der Waals surface area (Å²) in [7, 11) is 0. The average molecular weight is 405 g/mol. The van der Waals surface area contributed by atoms with Crippen molar-refractivity contribution >= 4 is 23.8 Å². The second-order valence-corrected chi connectivity index (χ2v) is 6.49. The van der Waals surface area contributed by atoms with Crippen LogP contribution >= 0.6 is 0 Å². The van der Waals surface area contributed by atoms with Gasteiger partial charge >= 0.3 is 5.97 Å². The number of nitrogens with zero attached hydrogens (tertiary/aromatic N) is 1. The van der Waals surface area contributed by atoms with Crippen molar-refractivity contribution < 1.29 is 18.7 Å². The first-order valence-corrected chi connectivity index (χ1v) is 9.20. The van der Waals surface area contributed by atoms with E-state index < -0.39 is 11.8 Å². The highest BCUT2D eigenvalue weighted by Gasteiger charge is 2.09. The van der Waals surface area contributed by atoms with Crippen LogP contribution in [0.15, 0.2) is 77.9 Å². The van der Waals surface area contributed by atoms with E-state index in [0.717, 1.165) is 17.3 Å². The number of nitrogens with one attached hydrogen (secondary N) is 2. The Morgan fingerprint density at radius 1 is 1.03 bits per heavy atom. The zero-order valence-electron chi connectivity index (χ0n) is 16.3. The molecule has 3 aromatic rings. The van der Waals surface area contributed by atoms with Gasteiger partial charge in [-0.2, -0.15) is 5.10 Å². The Balaban J connectivity index is 1.47. The minimum absolute atomic E-state index is 0.0930. The number of halogens is 1. The van der Waals surface area contributed by atoms with E-state index >= 15 is 0 Å². The Labute approximate surface area is 173 Å². The maximum Gasteiger partial charge on any atom is 0.343 e. The molecule has 0 bridgehead atoms. The van der Waals surface area contributed by atoms with Crippen LogP contribution in [-0.2, 0) is 4.79 Å². The molecule has 0 atom stereocenters. The Hall–Kier alpha value is -4.00. The Bertz CT molecular complexity index is 1070. The predicted octanol–water partition coefficient (Wildman–Crippen LogP) is 3.92. The number of amides is 1. The summed E-state index contributed by atoms with van der Waals surface area (Å²) in [6.07, 6.45) is 1.47. The summed E-state index contributed by atoms with van der Waals surface area (Å²) in [5, 5.41) is 6.92. The summed E-state index contributed by atoms with van der Waals surface area (Å²) < 4.78 is 18.4. The number of hydrogen-bond acceptors (Lipinski definition) is 5. The predicted molar refractivity (Wildman–Crippen MR) is 113 cm³/mol. The van der Waals surface area contributed by atoms with Crippen molar-refractivity contribution in [3.63, 3.8) is 0 Å². The SMILES string of the molecule is Cc1cccc(NCC(=O)N/N=C/c2ccc(OC(=O)c3cccc(F)c3)cc2)c1. The molecule has 0 aromatic heterocycles. The van der Waals surface area contributed by atoms with E-state index in [0.29, 0.717) is 11.3 Å². The third-order valence-corrected chi connectivity index (χ3v) is 4.02. The summed E-state index contributed by atoms with van der Waals surface area (Å²) in [4.78, 5) is 23.9. The Morgan fingerprint density at radius 2 is 1.80 bits per heavy atom. The topological polar surface area (TPSA) is 79.8 Å². The van der Waals surface area contributed by atoms with Gasteiger partial charge in [0.15, 0.2) is 0 Å². The molecule has 6 nitrogen and oxygen atoms in total. The maximum atomic E-state index is 13.2. The fraction of sp³-hybridized carbons (Fsp3) is 0.0870. The highest BCUT2D eigenvalue weighted by molar-refractivity contribution is 5.91. The van der Waals surface area contributed by atoms with E-state index in [1.54, 1.807) is 24.3 Å². The number of hydrogen-bond donors (Lipinski definition) is 2. The molecule has 7 heteroatoms. The van der Waals surface area contributed by atoms with Gasteiger partial charge < -0.3 is 10.1 Å². The van der Waals surface area contributed by atoms with E-state index in [4.69, 9.17) is 4.74 Å². The lowest BCUT2D eigenvalue weighted by Crippen LogP contribution is -2.25. The molecule has 0 aliphatic carbocycles. The number of benzene rings is 3. The first kappa shape index (κ1) is 20.7. The average Bonchev–Trinajstić information content (AvgIpc) is 2.73. The van der Waals surface area contributed by atoms with Gasteiger partial charge in [-0.3, -0.25) is 4.79 Å². The zero-order valence-corrected chi connectivity index (χ0v) is 16.3. The normalized spacial score (nSPS) is 10.6. The van der Waals surface area contributed by atoms with E-state index in [2.05, 4.69) is 15.8 Å². The summed E-state index contributed by atoms with van der Waals surface area (Å²) in [6.45, 7) is 2.07. The molecular formula is C23H20FN3O3. The van der Waals surface area contributed by atoms with Crippen LogP contribution in [0.2, 0.25) is 0 Å². The van der Waals surface area contributed by atoms with Crippen molar-refractivity contribution in [1.82, 2.24) is 5.43 Å². The molecule has 0 spiro atoms. The number of ether oxygens (including phenoxy) is 1. The monoisotopic (exact) mass is 405 g/mol. The second kappa shape index (κ2) is 9.97. The molecule has 0 heterocycles. The number of anilines is 1. The van der Waals surface area contributed by atoms with Crippen molar-refractivity contribution in [3.05, 3.63) is 95.3 Å². The number of carbonyl (C=O) groups is 2. The second-order valence-electron chi connectivity index (χ2n) is 6.49. The van der Waals surface area contributed by atoms with Gasteiger partial charge in [0, 0.05) is 5.69 Å². The minimum atomic E-state index is -0.649. The molecule has 3 aromatic carbocycles. The molecule has 1 amide bonds. The summed E-state index contributed by atoms with van der Waals surface area (Å²) in [5.74, 6) is -1.13. The molecular weight excluding hydrogens is 385 g/mol.